The molecule has 4 rings (SSSR count). The molecule has 1 heterocycles. The summed E-state index contributed by atoms with van der Waals surface area (Å²) >= 11 is 0. The van der Waals surface area contributed by atoms with Crippen molar-refractivity contribution in [2.24, 2.45) is 0 Å². The van der Waals surface area contributed by atoms with Gasteiger partial charge in [-0.3, -0.25) is 4.90 Å². The van der Waals surface area contributed by atoms with Crippen LogP contribution in [0.2, 0.25) is 0 Å². The van der Waals surface area contributed by atoms with Gasteiger partial charge in [0, 0.05) is 18.9 Å². The van der Waals surface area contributed by atoms with Gasteiger partial charge in [0.15, 0.2) is 0 Å². The van der Waals surface area contributed by atoms with Crippen LogP contribution in [0.25, 0.3) is 11.1 Å². The third kappa shape index (κ3) is 4.79. The minimum absolute atomic E-state index is 0.0346. The second-order valence-electron chi connectivity index (χ2n) is 9.39. The van der Waals surface area contributed by atoms with Crippen molar-refractivity contribution in [1.82, 2.24) is 10.2 Å². The van der Waals surface area contributed by atoms with Crippen molar-refractivity contribution >= 4 is 18.2 Å². The average Bonchev–Trinajstić information content (AvgIpc) is 3.30. The van der Waals surface area contributed by atoms with Gasteiger partial charge >= 0.3 is 18.2 Å². The predicted molar refractivity (Wildman–Crippen MR) is 121 cm³/mol. The van der Waals surface area contributed by atoms with Crippen molar-refractivity contribution in [2.75, 3.05) is 13.2 Å². The molecule has 1 fully saturated rings. The Labute approximate surface area is 192 Å². The van der Waals surface area contributed by atoms with Gasteiger partial charge in [0.1, 0.15) is 18.2 Å². The molecule has 0 aromatic heterocycles. The van der Waals surface area contributed by atoms with Crippen molar-refractivity contribution in [3.8, 4) is 11.1 Å². The van der Waals surface area contributed by atoms with E-state index in [1.807, 2.05) is 48.5 Å². The molecule has 1 aliphatic carbocycles. The van der Waals surface area contributed by atoms with E-state index in [2.05, 4.69) is 5.32 Å². The third-order valence-corrected chi connectivity index (χ3v) is 5.88. The first-order valence-electron chi connectivity index (χ1n) is 11.0. The summed E-state index contributed by atoms with van der Waals surface area (Å²) in [7, 11) is 0. The number of carbonyl (C=O) groups is 3. The molecular weight excluding hydrogens is 424 g/mol. The second-order valence-corrected chi connectivity index (χ2v) is 9.39. The van der Waals surface area contributed by atoms with Gasteiger partial charge in [-0.2, -0.15) is 0 Å². The van der Waals surface area contributed by atoms with Crippen LogP contribution in [0.1, 0.15) is 44.2 Å². The number of ether oxygens (including phenoxy) is 2. The molecule has 1 saturated heterocycles. The molecule has 33 heavy (non-hydrogen) atoms. The van der Waals surface area contributed by atoms with E-state index in [1.54, 1.807) is 20.8 Å². The summed E-state index contributed by atoms with van der Waals surface area (Å²) in [6.45, 7) is 5.35. The summed E-state index contributed by atoms with van der Waals surface area (Å²) in [5.74, 6) is -1.26. The molecule has 2 amide bonds. The van der Waals surface area contributed by atoms with Crippen LogP contribution in [0, 0.1) is 0 Å². The highest BCUT2D eigenvalue weighted by molar-refractivity contribution is 5.82. The minimum atomic E-state index is -1.14. The first-order valence-corrected chi connectivity index (χ1v) is 11.0. The monoisotopic (exact) mass is 452 g/mol. The lowest BCUT2D eigenvalue weighted by molar-refractivity contribution is -0.141. The van der Waals surface area contributed by atoms with Crippen molar-refractivity contribution in [2.45, 2.75) is 50.8 Å². The van der Waals surface area contributed by atoms with Gasteiger partial charge in [-0.25, -0.2) is 14.4 Å². The molecule has 2 aliphatic rings. The number of amides is 2. The van der Waals surface area contributed by atoms with Crippen LogP contribution in [-0.4, -0.2) is 59.0 Å². The minimum Gasteiger partial charge on any atom is -0.480 e. The highest BCUT2D eigenvalue weighted by atomic mass is 16.6. The lowest BCUT2D eigenvalue weighted by Crippen LogP contribution is -2.43. The molecule has 2 unspecified atom stereocenters. The summed E-state index contributed by atoms with van der Waals surface area (Å²) < 4.78 is 10.9. The molecule has 0 radical (unpaired) electrons. The maximum Gasteiger partial charge on any atom is 0.410 e. The van der Waals surface area contributed by atoms with E-state index in [0.717, 1.165) is 27.2 Å². The fourth-order valence-electron chi connectivity index (χ4n) is 4.53. The van der Waals surface area contributed by atoms with Crippen molar-refractivity contribution in [3.05, 3.63) is 59.7 Å². The zero-order chi connectivity index (χ0) is 23.8. The van der Waals surface area contributed by atoms with Crippen molar-refractivity contribution < 1.29 is 29.0 Å². The molecule has 2 atom stereocenters. The molecule has 1 aliphatic heterocycles. The normalized spacial score (nSPS) is 19.5. The molecule has 0 bridgehead atoms. The number of hydrogen-bond acceptors (Lipinski definition) is 5. The highest BCUT2D eigenvalue weighted by Gasteiger charge is 2.42. The number of likely N-dealkylation sites (tertiary alicyclic amines) is 1. The lowest BCUT2D eigenvalue weighted by Gasteiger charge is -2.23. The number of carboxylic acid groups (broad SMARTS) is 1. The van der Waals surface area contributed by atoms with E-state index >= 15 is 0 Å². The van der Waals surface area contributed by atoms with E-state index < -0.39 is 35.8 Å². The number of benzene rings is 2. The summed E-state index contributed by atoms with van der Waals surface area (Å²) in [6, 6.07) is 14.4. The first-order chi connectivity index (χ1) is 15.6. The first kappa shape index (κ1) is 22.6. The van der Waals surface area contributed by atoms with Crippen molar-refractivity contribution in [3.63, 3.8) is 0 Å². The number of carboxylic acids is 1. The summed E-state index contributed by atoms with van der Waals surface area (Å²) in [5, 5.41) is 12.3. The summed E-state index contributed by atoms with van der Waals surface area (Å²) in [4.78, 5) is 37.9. The number of aliphatic carboxylic acids is 1. The fraction of sp³-hybridized carbons (Fsp3) is 0.400. The van der Waals surface area contributed by atoms with Crippen LogP contribution >= 0.6 is 0 Å². The van der Waals surface area contributed by atoms with Gasteiger partial charge in [-0.05, 0) is 43.0 Å². The Morgan fingerprint density at radius 3 is 2.15 bits per heavy atom. The smallest absolute Gasteiger partial charge is 0.410 e. The fourth-order valence-corrected chi connectivity index (χ4v) is 4.53. The molecule has 8 heteroatoms. The third-order valence-electron chi connectivity index (χ3n) is 5.88. The zero-order valence-electron chi connectivity index (χ0n) is 18.9. The molecule has 2 aromatic carbocycles. The van der Waals surface area contributed by atoms with E-state index in [1.165, 1.54) is 0 Å². The number of nitrogens with one attached hydrogen (secondary N) is 1. The average molecular weight is 453 g/mol. The van der Waals surface area contributed by atoms with E-state index in [9.17, 15) is 19.5 Å². The Hall–Kier alpha value is -3.55. The quantitative estimate of drug-likeness (QED) is 0.727. The zero-order valence-corrected chi connectivity index (χ0v) is 18.9. The van der Waals surface area contributed by atoms with Crippen LogP contribution in [0.5, 0.6) is 0 Å². The van der Waals surface area contributed by atoms with Gasteiger partial charge in [0.2, 0.25) is 0 Å². The summed E-state index contributed by atoms with van der Waals surface area (Å²) in [6.07, 6.45) is -1.28. The Morgan fingerprint density at radius 1 is 1.03 bits per heavy atom. The molecular formula is C25H28N2O6. The molecule has 0 spiro atoms. The van der Waals surface area contributed by atoms with E-state index in [-0.39, 0.29) is 25.5 Å². The van der Waals surface area contributed by atoms with Gasteiger partial charge in [0.05, 0.1) is 6.04 Å². The maximum absolute atomic E-state index is 12.9. The molecule has 2 N–H and O–H groups in total. The standard InChI is InChI=1S/C25H28N2O6/c1-25(2,3)33-23(30)26-15-12-21(22(28)29)27(13-15)24(31)32-14-20-18-10-6-4-8-16(18)17-9-5-7-11-19(17)20/h4-11,15,20-21H,12-14H2,1-3H3,(H,26,30)(H,28,29). The van der Waals surface area contributed by atoms with Crippen LogP contribution in [-0.2, 0) is 14.3 Å². The number of hydrogen-bond donors (Lipinski definition) is 2. The number of fused-ring (bicyclic) bond motifs is 3. The topological polar surface area (TPSA) is 105 Å². The van der Waals surface area contributed by atoms with Crippen LogP contribution in [0.15, 0.2) is 48.5 Å². The van der Waals surface area contributed by atoms with Gasteiger partial charge < -0.3 is 19.9 Å². The highest BCUT2D eigenvalue weighted by Crippen LogP contribution is 2.44. The maximum atomic E-state index is 12.9. The molecule has 0 saturated carbocycles. The largest absolute Gasteiger partial charge is 0.480 e. The number of nitrogens with zero attached hydrogens (tertiary/aromatic N) is 1. The van der Waals surface area contributed by atoms with Gasteiger partial charge in [-0.1, -0.05) is 48.5 Å². The lowest BCUT2D eigenvalue weighted by atomic mass is 9.98. The van der Waals surface area contributed by atoms with Crippen LogP contribution in [0.3, 0.4) is 0 Å². The number of carbonyl (C=O) groups excluding carboxylic acids is 2. The Bertz CT molecular complexity index is 1030. The Balaban J connectivity index is 1.43. The van der Waals surface area contributed by atoms with E-state index in [0.29, 0.717) is 0 Å². The molecule has 8 nitrogen and oxygen atoms in total. The Kier molecular flexibility index (Phi) is 6.01. The van der Waals surface area contributed by atoms with E-state index in [4.69, 9.17) is 9.47 Å². The van der Waals surface area contributed by atoms with Gasteiger partial charge in [0.25, 0.3) is 0 Å². The predicted octanol–water partition coefficient (Wildman–Crippen LogP) is 3.99. The number of alkyl carbamates (subject to hydrolysis) is 1. The molecule has 174 valence electrons. The Morgan fingerprint density at radius 2 is 1.61 bits per heavy atom. The van der Waals surface area contributed by atoms with Gasteiger partial charge in [-0.15, -0.1) is 0 Å². The molecule has 2 aromatic rings. The summed E-state index contributed by atoms with van der Waals surface area (Å²) in [5.41, 5.74) is 3.70. The van der Waals surface area contributed by atoms with Crippen LogP contribution in [0.4, 0.5) is 9.59 Å². The number of rotatable bonds is 4. The second kappa shape index (κ2) is 8.77. The SMILES string of the molecule is CC(C)(C)OC(=O)NC1CC(C(=O)O)N(C(=O)OCC2c3ccccc3-c3ccccc32)C1. The van der Waals surface area contributed by atoms with Crippen LogP contribution < -0.4 is 5.32 Å². The van der Waals surface area contributed by atoms with Crippen molar-refractivity contribution in [1.29, 1.82) is 0 Å².